The standard InChI is InChI=1S/C23H21BrFN3O3S/c1-13-26-7-8-28(13)10-16-20-18(9-17(24)22(16)29)27(2)19(21(20)23(30)31)12-32-11-14-3-5-15(25)6-4-14/h3-9,29H,10-12H2,1-2H3,(H,30,31). The fraction of sp³-hybridized carbons (Fsp3) is 0.217. The first-order valence-electron chi connectivity index (χ1n) is 9.82. The van der Waals surface area contributed by atoms with Crippen molar-refractivity contribution in [2.24, 2.45) is 7.05 Å². The number of halogens is 2. The highest BCUT2D eigenvalue weighted by molar-refractivity contribution is 9.10. The molecule has 0 amide bonds. The smallest absolute Gasteiger partial charge is 0.338 e. The third-order valence-corrected chi connectivity index (χ3v) is 7.14. The average molecular weight is 518 g/mol. The highest BCUT2D eigenvalue weighted by Crippen LogP contribution is 2.40. The molecule has 0 spiro atoms. The summed E-state index contributed by atoms with van der Waals surface area (Å²) in [5.41, 5.74) is 3.05. The molecule has 4 aromatic rings. The Morgan fingerprint density at radius 2 is 1.97 bits per heavy atom. The monoisotopic (exact) mass is 517 g/mol. The molecule has 0 saturated carbocycles. The van der Waals surface area contributed by atoms with Crippen molar-refractivity contribution >= 4 is 44.6 Å². The van der Waals surface area contributed by atoms with Crippen LogP contribution in [0.15, 0.2) is 47.2 Å². The summed E-state index contributed by atoms with van der Waals surface area (Å²) in [6.07, 6.45) is 3.46. The summed E-state index contributed by atoms with van der Waals surface area (Å²) in [4.78, 5) is 16.6. The summed E-state index contributed by atoms with van der Waals surface area (Å²) in [5, 5.41) is 21.5. The van der Waals surface area contributed by atoms with Crippen molar-refractivity contribution in [2.45, 2.75) is 25.0 Å². The minimum atomic E-state index is -1.04. The number of aromatic nitrogens is 3. The number of aryl methyl sites for hydroxylation is 2. The van der Waals surface area contributed by atoms with Crippen LogP contribution >= 0.6 is 27.7 Å². The van der Waals surface area contributed by atoms with Gasteiger partial charge in [-0.2, -0.15) is 11.8 Å². The van der Waals surface area contributed by atoms with Crippen LogP contribution in [0.1, 0.15) is 33.0 Å². The molecule has 0 saturated heterocycles. The molecule has 166 valence electrons. The van der Waals surface area contributed by atoms with Crippen molar-refractivity contribution in [1.29, 1.82) is 0 Å². The van der Waals surface area contributed by atoms with E-state index in [-0.39, 0.29) is 17.1 Å². The van der Waals surface area contributed by atoms with E-state index in [2.05, 4.69) is 20.9 Å². The second-order valence-corrected chi connectivity index (χ2v) is 9.33. The van der Waals surface area contributed by atoms with Gasteiger partial charge in [0.25, 0.3) is 0 Å². The lowest BCUT2D eigenvalue weighted by Gasteiger charge is -2.12. The van der Waals surface area contributed by atoms with Crippen LogP contribution in [0.5, 0.6) is 5.75 Å². The fourth-order valence-electron chi connectivity index (χ4n) is 3.82. The molecule has 4 rings (SSSR count). The Kier molecular flexibility index (Phi) is 6.30. The third-order valence-electron chi connectivity index (χ3n) is 5.52. The number of imidazole rings is 1. The quantitative estimate of drug-likeness (QED) is 0.339. The molecule has 0 bridgehead atoms. The second-order valence-electron chi connectivity index (χ2n) is 7.49. The van der Waals surface area contributed by atoms with Crippen LogP contribution in [0.2, 0.25) is 0 Å². The van der Waals surface area contributed by atoms with Crippen molar-refractivity contribution < 1.29 is 19.4 Å². The van der Waals surface area contributed by atoms with E-state index >= 15 is 0 Å². The lowest BCUT2D eigenvalue weighted by atomic mass is 10.0. The highest BCUT2D eigenvalue weighted by Gasteiger charge is 2.26. The summed E-state index contributed by atoms with van der Waals surface area (Å²) in [6.45, 7) is 2.15. The number of aromatic hydroxyl groups is 1. The first-order valence-corrected chi connectivity index (χ1v) is 11.8. The van der Waals surface area contributed by atoms with E-state index in [0.29, 0.717) is 39.2 Å². The number of carbonyl (C=O) groups is 1. The summed E-state index contributed by atoms with van der Waals surface area (Å²) in [6, 6.07) is 8.03. The van der Waals surface area contributed by atoms with Gasteiger partial charge >= 0.3 is 5.97 Å². The molecule has 0 unspecified atom stereocenters. The number of hydrogen-bond acceptors (Lipinski definition) is 4. The van der Waals surface area contributed by atoms with E-state index in [0.717, 1.165) is 16.9 Å². The molecular weight excluding hydrogens is 497 g/mol. The lowest BCUT2D eigenvalue weighted by molar-refractivity contribution is 0.0698. The normalized spacial score (nSPS) is 11.4. The van der Waals surface area contributed by atoms with Crippen molar-refractivity contribution in [3.05, 3.63) is 81.2 Å². The lowest BCUT2D eigenvalue weighted by Crippen LogP contribution is -2.05. The van der Waals surface area contributed by atoms with Gasteiger partial charge in [0.2, 0.25) is 0 Å². The van der Waals surface area contributed by atoms with Gasteiger partial charge in [-0.1, -0.05) is 12.1 Å². The zero-order valence-corrected chi connectivity index (χ0v) is 19.9. The zero-order chi connectivity index (χ0) is 23.0. The number of carboxylic acids is 1. The summed E-state index contributed by atoms with van der Waals surface area (Å²) in [5.74, 6) is 0.526. The van der Waals surface area contributed by atoms with Crippen LogP contribution in [0.4, 0.5) is 4.39 Å². The van der Waals surface area contributed by atoms with E-state index in [1.807, 2.05) is 23.1 Å². The van der Waals surface area contributed by atoms with E-state index in [9.17, 15) is 19.4 Å². The summed E-state index contributed by atoms with van der Waals surface area (Å²) >= 11 is 4.96. The van der Waals surface area contributed by atoms with Crippen molar-refractivity contribution in [1.82, 2.24) is 14.1 Å². The number of phenolic OH excluding ortho intramolecular Hbond substituents is 1. The number of aromatic carboxylic acids is 1. The van der Waals surface area contributed by atoms with Crippen LogP contribution < -0.4 is 0 Å². The maximum Gasteiger partial charge on any atom is 0.338 e. The minimum Gasteiger partial charge on any atom is -0.506 e. The Balaban J connectivity index is 1.78. The molecule has 2 N–H and O–H groups in total. The number of phenols is 1. The molecule has 2 aromatic carbocycles. The summed E-state index contributed by atoms with van der Waals surface area (Å²) in [7, 11) is 1.83. The van der Waals surface area contributed by atoms with Gasteiger partial charge in [-0.3, -0.25) is 0 Å². The van der Waals surface area contributed by atoms with Crippen molar-refractivity contribution in [3.8, 4) is 5.75 Å². The first-order chi connectivity index (χ1) is 15.3. The molecule has 0 aliphatic carbocycles. The molecule has 0 aliphatic rings. The van der Waals surface area contributed by atoms with Gasteiger partial charge in [0, 0.05) is 47.6 Å². The van der Waals surface area contributed by atoms with Gasteiger partial charge in [-0.25, -0.2) is 14.2 Å². The van der Waals surface area contributed by atoms with Gasteiger partial charge in [-0.15, -0.1) is 0 Å². The number of fused-ring (bicyclic) bond motifs is 1. The highest BCUT2D eigenvalue weighted by atomic mass is 79.9. The maximum absolute atomic E-state index is 13.1. The molecule has 2 heterocycles. The Hall–Kier alpha value is -2.78. The van der Waals surface area contributed by atoms with Gasteiger partial charge in [0.1, 0.15) is 17.4 Å². The Bertz CT molecular complexity index is 1310. The Morgan fingerprint density at radius 1 is 1.25 bits per heavy atom. The molecule has 6 nitrogen and oxygen atoms in total. The molecular formula is C23H21BrFN3O3S. The number of benzene rings is 2. The van der Waals surface area contributed by atoms with Crippen LogP contribution in [0, 0.1) is 12.7 Å². The molecule has 0 fully saturated rings. The van der Waals surface area contributed by atoms with Crippen molar-refractivity contribution in [3.63, 3.8) is 0 Å². The minimum absolute atomic E-state index is 0.0178. The molecule has 32 heavy (non-hydrogen) atoms. The van der Waals surface area contributed by atoms with Gasteiger partial charge < -0.3 is 19.3 Å². The molecule has 9 heteroatoms. The molecule has 0 radical (unpaired) electrons. The molecule has 0 aliphatic heterocycles. The summed E-state index contributed by atoms with van der Waals surface area (Å²) < 4.78 is 17.4. The number of thioether (sulfide) groups is 1. The Morgan fingerprint density at radius 3 is 2.59 bits per heavy atom. The predicted molar refractivity (Wildman–Crippen MR) is 127 cm³/mol. The van der Waals surface area contributed by atoms with Crippen LogP contribution in [0.25, 0.3) is 10.9 Å². The van der Waals surface area contributed by atoms with Crippen LogP contribution in [-0.2, 0) is 25.1 Å². The van der Waals surface area contributed by atoms with E-state index in [4.69, 9.17) is 0 Å². The predicted octanol–water partition coefficient (Wildman–Crippen LogP) is 5.47. The van der Waals surface area contributed by atoms with Crippen molar-refractivity contribution in [2.75, 3.05) is 0 Å². The number of carboxylic acid groups (broad SMARTS) is 1. The van der Waals surface area contributed by atoms with Crippen LogP contribution in [0.3, 0.4) is 0 Å². The topological polar surface area (TPSA) is 80.3 Å². The number of nitrogens with zero attached hydrogens (tertiary/aromatic N) is 3. The molecule has 0 atom stereocenters. The Labute approximate surface area is 196 Å². The maximum atomic E-state index is 13.1. The van der Waals surface area contributed by atoms with Crippen LogP contribution in [-0.4, -0.2) is 30.3 Å². The first kappa shape index (κ1) is 22.4. The second kappa shape index (κ2) is 8.99. The number of rotatable bonds is 7. The third kappa shape index (κ3) is 4.14. The zero-order valence-electron chi connectivity index (χ0n) is 17.5. The van der Waals surface area contributed by atoms with Gasteiger partial charge in [0.05, 0.1) is 22.1 Å². The number of hydrogen-bond donors (Lipinski definition) is 2. The average Bonchev–Trinajstić information content (AvgIpc) is 3.28. The van der Waals surface area contributed by atoms with Gasteiger partial charge in [-0.05, 0) is 46.6 Å². The van der Waals surface area contributed by atoms with E-state index in [1.54, 1.807) is 42.4 Å². The van der Waals surface area contributed by atoms with E-state index < -0.39 is 5.97 Å². The largest absolute Gasteiger partial charge is 0.506 e. The fourth-order valence-corrected chi connectivity index (χ4v) is 5.34. The molecule has 2 aromatic heterocycles. The SMILES string of the molecule is Cc1nccn1Cc1c(O)c(Br)cc2c1c(C(=O)O)c(CSCc1ccc(F)cc1)n2C. The van der Waals surface area contributed by atoms with E-state index in [1.165, 1.54) is 12.1 Å². The van der Waals surface area contributed by atoms with Gasteiger partial charge in [0.15, 0.2) is 0 Å².